The summed E-state index contributed by atoms with van der Waals surface area (Å²) in [6, 6.07) is 2.36. The van der Waals surface area contributed by atoms with E-state index < -0.39 is 0 Å². The van der Waals surface area contributed by atoms with E-state index in [4.69, 9.17) is 4.74 Å². The molecule has 0 bridgehead atoms. The molecule has 4 heteroatoms. The first-order valence-electron chi connectivity index (χ1n) is 8.24. The number of aromatic nitrogens is 1. The van der Waals surface area contributed by atoms with Crippen LogP contribution in [0.5, 0.6) is 5.75 Å². The van der Waals surface area contributed by atoms with E-state index in [1.165, 1.54) is 12.8 Å². The number of unbranched alkanes of at least 4 members (excludes halogenated alkanes) is 2. The second-order valence-electron chi connectivity index (χ2n) is 4.96. The van der Waals surface area contributed by atoms with E-state index >= 15 is 0 Å². The first-order valence-corrected chi connectivity index (χ1v) is 8.24. The van der Waals surface area contributed by atoms with Gasteiger partial charge in [-0.25, -0.2) is 0 Å². The molecular weight excluding hydrogens is 279 g/mol. The van der Waals surface area contributed by atoms with Crippen molar-refractivity contribution < 1.29 is 9.13 Å². The zero-order valence-corrected chi connectivity index (χ0v) is 13.7. The van der Waals surface area contributed by atoms with Crippen molar-refractivity contribution in [1.82, 2.24) is 10.3 Å². The molecule has 1 aliphatic rings. The molecule has 122 valence electrons. The number of nitrogens with zero attached hydrogens (tertiary/aromatic N) is 1. The molecule has 1 saturated heterocycles. The molecule has 3 nitrogen and oxygen atoms in total. The molecule has 1 N–H and O–H groups in total. The quantitative estimate of drug-likeness (QED) is 0.642. The van der Waals surface area contributed by atoms with Gasteiger partial charge in [0.1, 0.15) is 12.4 Å². The number of ether oxygens (including phenoxy) is 1. The first-order chi connectivity index (χ1) is 10.9. The van der Waals surface area contributed by atoms with Crippen LogP contribution in [0.3, 0.4) is 0 Å². The first kappa shape index (κ1) is 18.4. The Morgan fingerprint density at radius 3 is 2.95 bits per heavy atom. The van der Waals surface area contributed by atoms with Crippen LogP contribution < -0.4 is 10.1 Å². The van der Waals surface area contributed by atoms with Crippen LogP contribution in [0, 0.1) is 11.8 Å². The van der Waals surface area contributed by atoms with Gasteiger partial charge in [-0.3, -0.25) is 9.37 Å². The van der Waals surface area contributed by atoms with Crippen LogP contribution >= 0.6 is 0 Å². The van der Waals surface area contributed by atoms with E-state index in [1.807, 2.05) is 19.9 Å². The number of nitrogens with one attached hydrogen (secondary N) is 1. The zero-order chi connectivity index (χ0) is 16.0. The average Bonchev–Trinajstić information content (AvgIpc) is 3.09. The fraction of sp³-hybridized carbons (Fsp3) is 0.611. The highest BCUT2D eigenvalue weighted by molar-refractivity contribution is 5.36. The molecule has 1 aliphatic heterocycles. The van der Waals surface area contributed by atoms with E-state index in [2.05, 4.69) is 22.1 Å². The van der Waals surface area contributed by atoms with Crippen molar-refractivity contribution in [1.29, 1.82) is 0 Å². The molecule has 1 atom stereocenters. The summed E-state index contributed by atoms with van der Waals surface area (Å²) < 4.78 is 17.7. The van der Waals surface area contributed by atoms with Crippen LogP contribution in [0.4, 0.5) is 4.39 Å². The van der Waals surface area contributed by atoms with Crippen LogP contribution in [-0.4, -0.2) is 30.9 Å². The maximum atomic E-state index is 11.9. The number of halogens is 1. The minimum absolute atomic E-state index is 0.262. The van der Waals surface area contributed by atoms with Gasteiger partial charge in [-0.15, -0.1) is 0 Å². The summed E-state index contributed by atoms with van der Waals surface area (Å²) in [5.41, 5.74) is 0.849. The van der Waals surface area contributed by atoms with Crippen LogP contribution in [-0.2, 0) is 0 Å². The lowest BCUT2D eigenvalue weighted by atomic mass is 10.2. The van der Waals surface area contributed by atoms with E-state index in [-0.39, 0.29) is 6.67 Å². The Hall–Kier alpha value is -1.60. The topological polar surface area (TPSA) is 34.1 Å². The van der Waals surface area contributed by atoms with Crippen molar-refractivity contribution in [3.05, 3.63) is 24.0 Å². The molecule has 0 aromatic carbocycles. The summed E-state index contributed by atoms with van der Waals surface area (Å²) >= 11 is 0. The van der Waals surface area contributed by atoms with Gasteiger partial charge in [-0.1, -0.05) is 25.7 Å². The van der Waals surface area contributed by atoms with Gasteiger partial charge in [0.05, 0.1) is 12.9 Å². The summed E-state index contributed by atoms with van der Waals surface area (Å²) in [7, 11) is 0. The number of alkyl halides is 1. The van der Waals surface area contributed by atoms with Crippen molar-refractivity contribution in [3.63, 3.8) is 0 Å². The number of rotatable bonds is 6. The van der Waals surface area contributed by atoms with Gasteiger partial charge < -0.3 is 10.1 Å². The lowest BCUT2D eigenvalue weighted by molar-refractivity contribution is 0.276. The van der Waals surface area contributed by atoms with E-state index in [0.717, 1.165) is 30.7 Å². The van der Waals surface area contributed by atoms with Gasteiger partial charge >= 0.3 is 0 Å². The Balaban J connectivity index is 0.00000116. The predicted octanol–water partition coefficient (Wildman–Crippen LogP) is 3.73. The van der Waals surface area contributed by atoms with Gasteiger partial charge in [0.25, 0.3) is 0 Å². The molecule has 1 aromatic heterocycles. The molecule has 0 spiro atoms. The molecule has 22 heavy (non-hydrogen) atoms. The zero-order valence-electron chi connectivity index (χ0n) is 13.7. The lowest BCUT2D eigenvalue weighted by Crippen LogP contribution is -2.28. The van der Waals surface area contributed by atoms with Crippen LogP contribution in [0.1, 0.15) is 51.5 Å². The summed E-state index contributed by atoms with van der Waals surface area (Å²) in [6.45, 7) is 5.49. The van der Waals surface area contributed by atoms with Crippen LogP contribution in [0.25, 0.3) is 0 Å². The Labute approximate surface area is 133 Å². The highest BCUT2D eigenvalue weighted by atomic mass is 19.1. The van der Waals surface area contributed by atoms with E-state index in [1.54, 1.807) is 12.4 Å². The predicted molar refractivity (Wildman–Crippen MR) is 88.8 cm³/mol. The van der Waals surface area contributed by atoms with Crippen molar-refractivity contribution in [2.24, 2.45) is 0 Å². The average molecular weight is 306 g/mol. The molecule has 0 radical (unpaired) electrons. The molecule has 0 aliphatic carbocycles. The second-order valence-corrected chi connectivity index (χ2v) is 4.96. The SMILES string of the molecule is CC.FCCCCC#Cc1cncc(OCC2CCCN2)c1. The largest absolute Gasteiger partial charge is 0.490 e. The fourth-order valence-corrected chi connectivity index (χ4v) is 2.13. The van der Waals surface area contributed by atoms with Gasteiger partial charge in [0.15, 0.2) is 0 Å². The third-order valence-electron chi connectivity index (χ3n) is 3.24. The van der Waals surface area contributed by atoms with Crippen molar-refractivity contribution in [2.45, 2.75) is 52.0 Å². The minimum atomic E-state index is -0.262. The Bertz CT molecular complexity index is 462. The van der Waals surface area contributed by atoms with Gasteiger partial charge in [0, 0.05) is 24.2 Å². The molecular formula is C18H27FN2O. The van der Waals surface area contributed by atoms with Gasteiger partial charge in [-0.05, 0) is 38.3 Å². The molecule has 0 saturated carbocycles. The highest BCUT2D eigenvalue weighted by Gasteiger charge is 2.14. The highest BCUT2D eigenvalue weighted by Crippen LogP contribution is 2.13. The molecule has 1 fully saturated rings. The van der Waals surface area contributed by atoms with Crippen LogP contribution in [0.2, 0.25) is 0 Å². The number of pyridine rings is 1. The monoisotopic (exact) mass is 306 g/mol. The molecule has 2 heterocycles. The molecule has 2 rings (SSSR count). The van der Waals surface area contributed by atoms with Crippen molar-refractivity contribution in [2.75, 3.05) is 19.8 Å². The Morgan fingerprint density at radius 2 is 2.23 bits per heavy atom. The molecule has 1 aromatic rings. The number of hydrogen-bond acceptors (Lipinski definition) is 3. The third kappa shape index (κ3) is 7.42. The van der Waals surface area contributed by atoms with Gasteiger partial charge in [0.2, 0.25) is 0 Å². The Morgan fingerprint density at radius 1 is 1.36 bits per heavy atom. The normalized spacial score (nSPS) is 16.2. The van der Waals surface area contributed by atoms with Crippen molar-refractivity contribution in [3.8, 4) is 17.6 Å². The van der Waals surface area contributed by atoms with E-state index in [9.17, 15) is 4.39 Å². The number of hydrogen-bond donors (Lipinski definition) is 1. The smallest absolute Gasteiger partial charge is 0.138 e. The molecule has 1 unspecified atom stereocenters. The fourth-order valence-electron chi connectivity index (χ4n) is 2.13. The Kier molecular flexibility index (Phi) is 10.1. The maximum Gasteiger partial charge on any atom is 0.138 e. The van der Waals surface area contributed by atoms with Crippen LogP contribution in [0.15, 0.2) is 18.5 Å². The van der Waals surface area contributed by atoms with E-state index in [0.29, 0.717) is 19.1 Å². The summed E-state index contributed by atoms with van der Waals surface area (Å²) in [5.74, 6) is 6.84. The molecule has 0 amide bonds. The lowest BCUT2D eigenvalue weighted by Gasteiger charge is -2.11. The standard InChI is InChI=1S/C16H21FN2O.C2H6/c17-8-4-2-1-3-6-14-10-16(12-18-11-14)20-13-15-7-5-9-19-15;1-2/h10-12,15,19H,1-2,4-5,7-9,13H2;1-2H3. The minimum Gasteiger partial charge on any atom is -0.490 e. The maximum absolute atomic E-state index is 11.9. The summed E-state index contributed by atoms with van der Waals surface area (Å²) in [4.78, 5) is 4.14. The summed E-state index contributed by atoms with van der Waals surface area (Å²) in [6.07, 6.45) is 7.94. The third-order valence-corrected chi connectivity index (χ3v) is 3.24. The van der Waals surface area contributed by atoms with Crippen molar-refractivity contribution >= 4 is 0 Å². The second kappa shape index (κ2) is 12.0. The van der Waals surface area contributed by atoms with Gasteiger partial charge in [-0.2, -0.15) is 0 Å². The summed E-state index contributed by atoms with van der Waals surface area (Å²) in [5, 5.41) is 3.39.